The van der Waals surface area contributed by atoms with Crippen molar-refractivity contribution in [3.8, 4) is 0 Å². The van der Waals surface area contributed by atoms with Crippen molar-refractivity contribution >= 4 is 11.9 Å². The number of carbonyl (C=O) groups excluding carboxylic acids is 2. The summed E-state index contributed by atoms with van der Waals surface area (Å²) in [4.78, 5) is 35.1. The van der Waals surface area contributed by atoms with Crippen molar-refractivity contribution in [2.75, 3.05) is 13.2 Å². The van der Waals surface area contributed by atoms with E-state index in [1.165, 1.54) is 0 Å². The maximum Gasteiger partial charge on any atom is 0.365 e. The molecule has 2 saturated heterocycles. The molecule has 132 valence electrons. The number of rotatable bonds is 6. The fourth-order valence-corrected chi connectivity index (χ4v) is 3.89. The average Bonchev–Trinajstić information content (AvgIpc) is 2.83. The van der Waals surface area contributed by atoms with Gasteiger partial charge in [-0.05, 0) is 23.7 Å². The van der Waals surface area contributed by atoms with Gasteiger partial charge in [-0.2, -0.15) is 0 Å². The van der Waals surface area contributed by atoms with Crippen LogP contribution in [0.3, 0.4) is 0 Å². The molecular formula is C18H30O5. The summed E-state index contributed by atoms with van der Waals surface area (Å²) >= 11 is 0. The van der Waals surface area contributed by atoms with E-state index < -0.39 is 22.8 Å². The molecule has 2 fully saturated rings. The summed E-state index contributed by atoms with van der Waals surface area (Å²) < 4.78 is 5.72. The highest BCUT2D eigenvalue weighted by atomic mass is 17.2. The molecule has 0 aromatic heterocycles. The van der Waals surface area contributed by atoms with Crippen molar-refractivity contribution < 1.29 is 24.1 Å². The van der Waals surface area contributed by atoms with Crippen LogP contribution in [-0.2, 0) is 24.1 Å². The van der Waals surface area contributed by atoms with Crippen LogP contribution in [0, 0.1) is 21.7 Å². The Morgan fingerprint density at radius 3 is 1.48 bits per heavy atom. The molecule has 0 saturated carbocycles. The van der Waals surface area contributed by atoms with Gasteiger partial charge in [0.1, 0.15) is 10.8 Å². The van der Waals surface area contributed by atoms with E-state index in [9.17, 15) is 9.59 Å². The van der Waals surface area contributed by atoms with Gasteiger partial charge in [-0.3, -0.25) is 0 Å². The quantitative estimate of drug-likeness (QED) is 0.697. The SMILES string of the molecule is CCC(C)(C)CC12COCC1(CC(C)(C)CC)C(=O)OOC2=O. The molecule has 0 spiro atoms. The molecule has 0 N–H and O–H groups in total. The number of hydrogen-bond acceptors (Lipinski definition) is 5. The number of fused-ring (bicyclic) bond motifs is 1. The molecule has 2 atom stereocenters. The minimum Gasteiger partial charge on any atom is -0.379 e. The fourth-order valence-electron chi connectivity index (χ4n) is 3.89. The van der Waals surface area contributed by atoms with Crippen LogP contribution in [0.5, 0.6) is 0 Å². The summed E-state index contributed by atoms with van der Waals surface area (Å²) in [6, 6.07) is 0. The van der Waals surface area contributed by atoms with E-state index >= 15 is 0 Å². The molecule has 5 nitrogen and oxygen atoms in total. The van der Waals surface area contributed by atoms with Crippen molar-refractivity contribution in [2.45, 2.75) is 67.2 Å². The first kappa shape index (κ1) is 18.2. The van der Waals surface area contributed by atoms with Gasteiger partial charge in [-0.1, -0.05) is 54.4 Å². The molecule has 23 heavy (non-hydrogen) atoms. The van der Waals surface area contributed by atoms with E-state index in [1.54, 1.807) is 0 Å². The Kier molecular flexibility index (Phi) is 4.57. The van der Waals surface area contributed by atoms with E-state index in [0.29, 0.717) is 12.8 Å². The molecule has 5 heteroatoms. The smallest absolute Gasteiger partial charge is 0.365 e. The highest BCUT2D eigenvalue weighted by Crippen LogP contribution is 2.59. The summed E-state index contributed by atoms with van der Waals surface area (Å²) in [5.74, 6) is -0.911. The summed E-state index contributed by atoms with van der Waals surface area (Å²) in [7, 11) is 0. The van der Waals surface area contributed by atoms with Crippen LogP contribution in [0.4, 0.5) is 0 Å². The zero-order chi connectivity index (χ0) is 17.5. The molecule has 0 radical (unpaired) electrons. The largest absolute Gasteiger partial charge is 0.379 e. The summed E-state index contributed by atoms with van der Waals surface area (Å²) in [6.07, 6.45) is 2.93. The van der Waals surface area contributed by atoms with E-state index in [1.807, 2.05) is 0 Å². The minimum absolute atomic E-state index is 0.0913. The summed E-state index contributed by atoms with van der Waals surface area (Å²) in [6.45, 7) is 13.1. The van der Waals surface area contributed by atoms with Gasteiger partial charge in [0.15, 0.2) is 0 Å². The first-order chi connectivity index (χ1) is 10.5. The summed E-state index contributed by atoms with van der Waals surface area (Å²) in [5, 5.41) is 0. The van der Waals surface area contributed by atoms with Crippen molar-refractivity contribution in [2.24, 2.45) is 21.7 Å². The topological polar surface area (TPSA) is 61.8 Å². The lowest BCUT2D eigenvalue weighted by Gasteiger charge is -2.48. The average molecular weight is 326 g/mol. The Bertz CT molecular complexity index is 452. The van der Waals surface area contributed by atoms with Crippen molar-refractivity contribution in [1.82, 2.24) is 0 Å². The third-order valence-electron chi connectivity index (χ3n) is 6.06. The third-order valence-corrected chi connectivity index (χ3v) is 6.06. The van der Waals surface area contributed by atoms with Gasteiger partial charge < -0.3 is 4.74 Å². The number of ether oxygens (including phenoxy) is 1. The first-order valence-electron chi connectivity index (χ1n) is 8.55. The number of carbonyl (C=O) groups is 2. The maximum atomic E-state index is 12.7. The van der Waals surface area contributed by atoms with Crippen LogP contribution in [0.2, 0.25) is 0 Å². The van der Waals surface area contributed by atoms with Crippen molar-refractivity contribution in [3.05, 3.63) is 0 Å². The third kappa shape index (κ3) is 2.88. The lowest BCUT2D eigenvalue weighted by Crippen LogP contribution is -2.59. The Labute approximate surface area is 139 Å². The zero-order valence-electron chi connectivity index (χ0n) is 15.3. The Hall–Kier alpha value is -1.10. The lowest BCUT2D eigenvalue weighted by molar-refractivity contribution is -0.300. The molecule has 0 bridgehead atoms. The molecular weight excluding hydrogens is 296 g/mol. The van der Waals surface area contributed by atoms with Crippen molar-refractivity contribution in [1.29, 1.82) is 0 Å². The highest BCUT2D eigenvalue weighted by molar-refractivity contribution is 5.92. The van der Waals surface area contributed by atoms with E-state index in [0.717, 1.165) is 12.8 Å². The van der Waals surface area contributed by atoms with Gasteiger partial charge in [-0.25, -0.2) is 19.4 Å². The Morgan fingerprint density at radius 2 is 1.17 bits per heavy atom. The number of hydrogen-bond donors (Lipinski definition) is 0. The molecule has 2 rings (SSSR count). The predicted molar refractivity (Wildman–Crippen MR) is 85.2 cm³/mol. The van der Waals surface area contributed by atoms with E-state index in [2.05, 4.69) is 41.5 Å². The van der Waals surface area contributed by atoms with Crippen LogP contribution < -0.4 is 0 Å². The Morgan fingerprint density at radius 1 is 0.826 bits per heavy atom. The predicted octanol–water partition coefficient (Wildman–Crippen LogP) is 3.66. The second-order valence-corrected chi connectivity index (χ2v) is 8.79. The van der Waals surface area contributed by atoms with Crippen LogP contribution in [-0.4, -0.2) is 25.2 Å². The maximum absolute atomic E-state index is 12.7. The van der Waals surface area contributed by atoms with Crippen LogP contribution in [0.1, 0.15) is 67.2 Å². The van der Waals surface area contributed by atoms with Gasteiger partial charge in [0.05, 0.1) is 13.2 Å². The zero-order valence-corrected chi connectivity index (χ0v) is 15.3. The van der Waals surface area contributed by atoms with Gasteiger partial charge in [0, 0.05) is 0 Å². The molecule has 2 unspecified atom stereocenters. The highest BCUT2D eigenvalue weighted by Gasteiger charge is 2.71. The van der Waals surface area contributed by atoms with Crippen molar-refractivity contribution in [3.63, 3.8) is 0 Å². The standard InChI is InChI=1S/C18H30O5/c1-7-15(3,4)9-17-11-21-12-18(17,10-16(5,6)8-2)14(20)23-22-13(17)19/h7-12H2,1-6H3. The van der Waals surface area contributed by atoms with Crippen LogP contribution >= 0.6 is 0 Å². The summed E-state index contributed by atoms with van der Waals surface area (Å²) in [5.41, 5.74) is -2.08. The Balaban J connectivity index is 2.52. The molecule has 0 aliphatic carbocycles. The second kappa shape index (κ2) is 5.76. The second-order valence-electron chi connectivity index (χ2n) is 8.79. The van der Waals surface area contributed by atoms with E-state index in [4.69, 9.17) is 14.5 Å². The van der Waals surface area contributed by atoms with Gasteiger partial charge in [0.2, 0.25) is 0 Å². The molecule has 0 aromatic carbocycles. The molecule has 2 heterocycles. The fraction of sp³-hybridized carbons (Fsp3) is 0.889. The minimum atomic E-state index is -0.950. The molecule has 0 aromatic rings. The molecule has 2 aliphatic rings. The molecule has 2 aliphatic heterocycles. The van der Waals surface area contributed by atoms with Crippen LogP contribution in [0.25, 0.3) is 0 Å². The monoisotopic (exact) mass is 326 g/mol. The van der Waals surface area contributed by atoms with E-state index in [-0.39, 0.29) is 24.0 Å². The van der Waals surface area contributed by atoms with Gasteiger partial charge in [0.25, 0.3) is 0 Å². The van der Waals surface area contributed by atoms with Gasteiger partial charge >= 0.3 is 11.9 Å². The van der Waals surface area contributed by atoms with Crippen LogP contribution in [0.15, 0.2) is 0 Å². The lowest BCUT2D eigenvalue weighted by atomic mass is 9.54. The first-order valence-corrected chi connectivity index (χ1v) is 8.55. The van der Waals surface area contributed by atoms with Gasteiger partial charge in [-0.15, -0.1) is 0 Å². The normalized spacial score (nSPS) is 31.6. The molecule has 0 amide bonds.